The average molecular weight is 348 g/mol. The Kier molecular flexibility index (Phi) is 5.81. The highest BCUT2D eigenvalue weighted by Crippen LogP contribution is 2.26. The fourth-order valence-electron chi connectivity index (χ4n) is 2.18. The maximum absolute atomic E-state index is 13.5. The Labute approximate surface area is 142 Å². The van der Waals surface area contributed by atoms with E-state index < -0.39 is 23.8 Å². The molecular weight excluding hydrogens is 334 g/mol. The van der Waals surface area contributed by atoms with Gasteiger partial charge in [-0.05, 0) is 35.3 Å². The van der Waals surface area contributed by atoms with Crippen molar-refractivity contribution < 1.29 is 28.9 Å². The van der Waals surface area contributed by atoms with Crippen LogP contribution in [0.15, 0.2) is 36.4 Å². The van der Waals surface area contributed by atoms with Crippen LogP contribution < -0.4 is 10.8 Å². The molecule has 0 aliphatic carbocycles. The molecule has 2 aromatic rings. The van der Waals surface area contributed by atoms with E-state index in [1.54, 1.807) is 6.07 Å². The van der Waals surface area contributed by atoms with Crippen molar-refractivity contribution in [3.8, 4) is 0 Å². The van der Waals surface area contributed by atoms with Crippen LogP contribution >= 0.6 is 0 Å². The number of anilines is 1. The number of nitrogens with one attached hydrogen (secondary N) is 1. The second-order valence-electron chi connectivity index (χ2n) is 5.14. The molecule has 2 aromatic carbocycles. The third-order valence-corrected chi connectivity index (χ3v) is 3.30. The van der Waals surface area contributed by atoms with Gasteiger partial charge in [0.05, 0.1) is 11.5 Å². The Balaban J connectivity index is 2.33. The summed E-state index contributed by atoms with van der Waals surface area (Å²) in [6, 6.07) is 6.96. The van der Waals surface area contributed by atoms with E-state index in [1.807, 2.05) is 0 Å². The van der Waals surface area contributed by atoms with E-state index in [0.29, 0.717) is 5.56 Å². The Hall–Kier alpha value is -2.82. The number of nitrogens with zero attached hydrogens (tertiary/aromatic N) is 1. The van der Waals surface area contributed by atoms with Crippen molar-refractivity contribution in [1.29, 1.82) is 0 Å². The molecule has 130 valence electrons. The predicted molar refractivity (Wildman–Crippen MR) is 88.0 cm³/mol. The van der Waals surface area contributed by atoms with E-state index in [1.165, 1.54) is 19.2 Å². The number of halogens is 1. The lowest BCUT2D eigenvalue weighted by Gasteiger charge is -2.09. The molecule has 2 rings (SSSR count). The molecule has 8 nitrogen and oxygen atoms in total. The van der Waals surface area contributed by atoms with Crippen molar-refractivity contribution in [2.24, 2.45) is 0 Å². The zero-order valence-electron chi connectivity index (χ0n) is 13.1. The number of carbonyl (C=O) groups is 1. The number of nitro benzene ring substituents is 1. The Morgan fingerprint density at radius 1 is 1.32 bits per heavy atom. The number of hydrogen-bond donors (Lipinski definition) is 3. The van der Waals surface area contributed by atoms with Gasteiger partial charge in [-0.3, -0.25) is 14.9 Å². The van der Waals surface area contributed by atoms with Crippen LogP contribution in [0.4, 0.5) is 15.8 Å². The molecule has 0 fully saturated rings. The molecule has 0 aromatic heterocycles. The van der Waals surface area contributed by atoms with Crippen LogP contribution in [0.25, 0.3) is 0 Å². The third kappa shape index (κ3) is 4.60. The number of ether oxygens (including phenoxy) is 1. The van der Waals surface area contributed by atoms with Crippen molar-refractivity contribution >= 4 is 29.9 Å². The van der Waals surface area contributed by atoms with Gasteiger partial charge in [0, 0.05) is 18.7 Å². The molecular formula is C15H14BFN2O6. The lowest BCUT2D eigenvalue weighted by molar-refractivity contribution is -0.384. The van der Waals surface area contributed by atoms with E-state index in [2.05, 4.69) is 5.32 Å². The Bertz CT molecular complexity index is 815. The second kappa shape index (κ2) is 7.84. The molecule has 0 bridgehead atoms. The zero-order valence-corrected chi connectivity index (χ0v) is 13.1. The van der Waals surface area contributed by atoms with E-state index >= 15 is 0 Å². The van der Waals surface area contributed by atoms with Gasteiger partial charge in [-0.25, -0.2) is 4.39 Å². The number of carbonyl (C=O) groups excluding carboxylic acids is 1. The molecule has 0 atom stereocenters. The van der Waals surface area contributed by atoms with Gasteiger partial charge >= 0.3 is 7.12 Å². The summed E-state index contributed by atoms with van der Waals surface area (Å²) in [4.78, 5) is 22.8. The van der Waals surface area contributed by atoms with Crippen molar-refractivity contribution in [3.63, 3.8) is 0 Å². The zero-order chi connectivity index (χ0) is 18.6. The topological polar surface area (TPSA) is 122 Å². The van der Waals surface area contributed by atoms with Crippen LogP contribution in [0.5, 0.6) is 0 Å². The molecule has 0 aliphatic rings. The van der Waals surface area contributed by atoms with Gasteiger partial charge in [-0.2, -0.15) is 0 Å². The summed E-state index contributed by atoms with van der Waals surface area (Å²) in [5.41, 5.74) is -0.302. The fourth-order valence-corrected chi connectivity index (χ4v) is 2.18. The molecule has 0 unspecified atom stereocenters. The van der Waals surface area contributed by atoms with Crippen molar-refractivity contribution in [3.05, 3.63) is 63.5 Å². The summed E-state index contributed by atoms with van der Waals surface area (Å²) in [6.45, 7) is 0.163. The van der Waals surface area contributed by atoms with Crippen LogP contribution in [0, 0.1) is 15.9 Å². The molecule has 0 radical (unpaired) electrons. The van der Waals surface area contributed by atoms with Crippen molar-refractivity contribution in [2.75, 3.05) is 12.4 Å². The van der Waals surface area contributed by atoms with Crippen LogP contribution in [-0.4, -0.2) is 35.1 Å². The predicted octanol–water partition coefficient (Wildman–Crippen LogP) is 0.812. The standard InChI is InChI=1S/C15H14BFN2O6/c1-25-8-9-2-3-13(14(4-9)19(23)24)18-15(20)10-5-11(16(21)22)7-12(17)6-10/h2-7,21-22H,8H2,1H3,(H,18,20). The maximum atomic E-state index is 13.5. The normalized spacial score (nSPS) is 10.4. The molecule has 0 aliphatic heterocycles. The highest BCUT2D eigenvalue weighted by Gasteiger charge is 2.20. The van der Waals surface area contributed by atoms with Crippen LogP contribution in [0.1, 0.15) is 15.9 Å². The van der Waals surface area contributed by atoms with Gasteiger partial charge in [0.15, 0.2) is 0 Å². The Morgan fingerprint density at radius 3 is 2.64 bits per heavy atom. The molecule has 10 heteroatoms. The van der Waals surface area contributed by atoms with Gasteiger partial charge in [0.1, 0.15) is 11.5 Å². The average Bonchev–Trinajstić information content (AvgIpc) is 2.55. The van der Waals surface area contributed by atoms with E-state index in [9.17, 15) is 19.3 Å². The lowest BCUT2D eigenvalue weighted by atomic mass is 9.79. The highest BCUT2D eigenvalue weighted by atomic mass is 19.1. The summed E-state index contributed by atoms with van der Waals surface area (Å²) in [5, 5.41) is 31.7. The van der Waals surface area contributed by atoms with Crippen molar-refractivity contribution in [2.45, 2.75) is 6.61 Å². The second-order valence-corrected chi connectivity index (χ2v) is 5.14. The van der Waals surface area contributed by atoms with E-state index in [4.69, 9.17) is 14.8 Å². The summed E-state index contributed by atoms with van der Waals surface area (Å²) >= 11 is 0. The number of methoxy groups -OCH3 is 1. The highest BCUT2D eigenvalue weighted by molar-refractivity contribution is 6.58. The minimum absolute atomic E-state index is 0.0785. The van der Waals surface area contributed by atoms with Crippen LogP contribution in [-0.2, 0) is 11.3 Å². The molecule has 0 spiro atoms. The molecule has 0 heterocycles. The van der Waals surface area contributed by atoms with Gasteiger partial charge in [-0.15, -0.1) is 0 Å². The maximum Gasteiger partial charge on any atom is 0.488 e. The third-order valence-electron chi connectivity index (χ3n) is 3.30. The first-order valence-electron chi connectivity index (χ1n) is 7.06. The van der Waals surface area contributed by atoms with Crippen molar-refractivity contribution in [1.82, 2.24) is 0 Å². The molecule has 1 amide bonds. The summed E-state index contributed by atoms with van der Waals surface area (Å²) < 4.78 is 18.4. The summed E-state index contributed by atoms with van der Waals surface area (Å²) in [5.74, 6) is -1.68. The molecule has 3 N–H and O–H groups in total. The molecule has 0 saturated carbocycles. The van der Waals surface area contributed by atoms with Gasteiger partial charge in [-0.1, -0.05) is 6.07 Å². The summed E-state index contributed by atoms with van der Waals surface area (Å²) in [7, 11) is -0.511. The number of hydrogen-bond acceptors (Lipinski definition) is 6. The van der Waals surface area contributed by atoms with Gasteiger partial charge in [0.25, 0.3) is 11.6 Å². The van der Waals surface area contributed by atoms with E-state index in [0.717, 1.165) is 18.2 Å². The lowest BCUT2D eigenvalue weighted by Crippen LogP contribution is -2.31. The Morgan fingerprint density at radius 2 is 2.04 bits per heavy atom. The monoisotopic (exact) mass is 348 g/mol. The van der Waals surface area contributed by atoms with Gasteiger partial charge < -0.3 is 20.1 Å². The number of rotatable bonds is 6. The SMILES string of the molecule is COCc1ccc(NC(=O)c2cc(F)cc(B(O)O)c2)c([N+](=O)[O-])c1. The number of nitro groups is 1. The van der Waals surface area contributed by atoms with Gasteiger partial charge in [0.2, 0.25) is 0 Å². The van der Waals surface area contributed by atoms with E-state index in [-0.39, 0.29) is 29.0 Å². The minimum Gasteiger partial charge on any atom is -0.423 e. The largest absolute Gasteiger partial charge is 0.488 e. The van der Waals surface area contributed by atoms with Crippen LogP contribution in [0.3, 0.4) is 0 Å². The first-order valence-corrected chi connectivity index (χ1v) is 7.06. The quantitative estimate of drug-likeness (QED) is 0.404. The van der Waals surface area contributed by atoms with Crippen LogP contribution in [0.2, 0.25) is 0 Å². The molecule has 0 saturated heterocycles. The fraction of sp³-hybridized carbons (Fsp3) is 0.133. The summed E-state index contributed by atoms with van der Waals surface area (Å²) in [6.07, 6.45) is 0. The minimum atomic E-state index is -1.95. The smallest absolute Gasteiger partial charge is 0.423 e. The first-order chi connectivity index (χ1) is 11.8. The number of amides is 1. The molecule has 25 heavy (non-hydrogen) atoms. The number of benzene rings is 2. The first kappa shape index (κ1) is 18.5.